The van der Waals surface area contributed by atoms with Crippen LogP contribution in [-0.4, -0.2) is 36.1 Å². The van der Waals surface area contributed by atoms with Crippen LogP contribution in [0, 0.1) is 0 Å². The van der Waals surface area contributed by atoms with Gasteiger partial charge in [-0.1, -0.05) is 42.5 Å². The zero-order chi connectivity index (χ0) is 18.8. The molecule has 3 aromatic carbocycles. The van der Waals surface area contributed by atoms with Crippen LogP contribution in [0.5, 0.6) is 0 Å². The van der Waals surface area contributed by atoms with Crippen LogP contribution in [0.15, 0.2) is 78.9 Å². The topological polar surface area (TPSA) is 19.4 Å². The third-order valence-corrected chi connectivity index (χ3v) is 6.48. The van der Waals surface area contributed by atoms with E-state index < -0.39 is 0 Å². The van der Waals surface area contributed by atoms with Crippen LogP contribution in [0.25, 0.3) is 20.8 Å². The van der Waals surface area contributed by atoms with Crippen LogP contribution in [0.2, 0.25) is 0 Å². The highest BCUT2D eigenvalue weighted by molar-refractivity contribution is 7.21. The van der Waals surface area contributed by atoms with Crippen molar-refractivity contribution in [1.82, 2.24) is 9.88 Å². The van der Waals surface area contributed by atoms with Crippen molar-refractivity contribution < 1.29 is 0 Å². The van der Waals surface area contributed by atoms with E-state index in [2.05, 4.69) is 82.6 Å². The molecule has 2 heterocycles. The summed E-state index contributed by atoms with van der Waals surface area (Å²) in [5.41, 5.74) is 4.99. The number of aromatic nitrogens is 1. The maximum atomic E-state index is 4.77. The first-order valence-corrected chi connectivity index (χ1v) is 10.6. The molecule has 0 N–H and O–H groups in total. The number of nitrogens with zero attached hydrogens (tertiary/aromatic N) is 3. The SMILES string of the molecule is c1ccc(CN2CCN(c3ccc(-c4nc5ccccc5s4)cc3)CC2)cc1. The molecule has 4 aromatic rings. The highest BCUT2D eigenvalue weighted by Crippen LogP contribution is 2.31. The highest BCUT2D eigenvalue weighted by Gasteiger charge is 2.17. The summed E-state index contributed by atoms with van der Waals surface area (Å²) in [6.45, 7) is 5.41. The Bertz CT molecular complexity index is 1020. The van der Waals surface area contributed by atoms with Crippen LogP contribution in [0.4, 0.5) is 5.69 Å². The molecule has 140 valence electrons. The van der Waals surface area contributed by atoms with Gasteiger partial charge in [-0.2, -0.15) is 0 Å². The van der Waals surface area contributed by atoms with Crippen LogP contribution in [0.1, 0.15) is 5.56 Å². The first kappa shape index (κ1) is 17.4. The lowest BCUT2D eigenvalue weighted by atomic mass is 10.1. The Morgan fingerprint density at radius 2 is 1.46 bits per heavy atom. The monoisotopic (exact) mass is 385 g/mol. The number of fused-ring (bicyclic) bond motifs is 1. The number of piperazine rings is 1. The van der Waals surface area contributed by atoms with Crippen molar-refractivity contribution in [1.29, 1.82) is 0 Å². The van der Waals surface area contributed by atoms with Crippen molar-refractivity contribution in [2.24, 2.45) is 0 Å². The fourth-order valence-corrected chi connectivity index (χ4v) is 4.79. The lowest BCUT2D eigenvalue weighted by Gasteiger charge is -2.36. The Balaban J connectivity index is 1.24. The molecule has 0 spiro atoms. The molecule has 0 saturated carbocycles. The molecule has 0 aliphatic carbocycles. The van der Waals surface area contributed by atoms with Gasteiger partial charge in [-0.05, 0) is 42.0 Å². The molecular weight excluding hydrogens is 362 g/mol. The Morgan fingerprint density at radius 3 is 2.21 bits per heavy atom. The van der Waals surface area contributed by atoms with Gasteiger partial charge in [0, 0.05) is 44.0 Å². The first-order chi connectivity index (χ1) is 13.8. The molecule has 0 atom stereocenters. The van der Waals surface area contributed by atoms with Crippen LogP contribution < -0.4 is 4.90 Å². The van der Waals surface area contributed by atoms with Gasteiger partial charge in [-0.3, -0.25) is 4.90 Å². The Hall–Kier alpha value is -2.69. The Kier molecular flexibility index (Phi) is 4.81. The van der Waals surface area contributed by atoms with Gasteiger partial charge in [0.15, 0.2) is 0 Å². The second-order valence-electron chi connectivity index (χ2n) is 7.28. The molecule has 5 rings (SSSR count). The summed E-state index contributed by atoms with van der Waals surface area (Å²) in [4.78, 5) is 9.81. The molecule has 1 aromatic heterocycles. The second kappa shape index (κ2) is 7.74. The average Bonchev–Trinajstić information content (AvgIpc) is 3.20. The summed E-state index contributed by atoms with van der Waals surface area (Å²) < 4.78 is 1.25. The third-order valence-electron chi connectivity index (χ3n) is 5.39. The quantitative estimate of drug-likeness (QED) is 0.476. The predicted octanol–water partition coefficient (Wildman–Crippen LogP) is 5.29. The second-order valence-corrected chi connectivity index (χ2v) is 8.31. The summed E-state index contributed by atoms with van der Waals surface area (Å²) in [5.74, 6) is 0. The van der Waals surface area contributed by atoms with Gasteiger partial charge in [0.2, 0.25) is 0 Å². The lowest BCUT2D eigenvalue weighted by Crippen LogP contribution is -2.45. The minimum atomic E-state index is 1.05. The summed E-state index contributed by atoms with van der Waals surface area (Å²) in [6, 6.07) is 28.0. The molecule has 0 unspecified atom stereocenters. The maximum absolute atomic E-state index is 4.77. The average molecular weight is 386 g/mol. The molecule has 1 saturated heterocycles. The van der Waals surface area contributed by atoms with E-state index in [1.165, 1.54) is 21.5 Å². The van der Waals surface area contributed by atoms with Gasteiger partial charge >= 0.3 is 0 Å². The van der Waals surface area contributed by atoms with E-state index in [0.29, 0.717) is 0 Å². The molecule has 0 amide bonds. The van der Waals surface area contributed by atoms with Crippen LogP contribution in [-0.2, 0) is 6.54 Å². The number of rotatable bonds is 4. The van der Waals surface area contributed by atoms with E-state index >= 15 is 0 Å². The van der Waals surface area contributed by atoms with E-state index in [1.54, 1.807) is 11.3 Å². The molecule has 1 aliphatic rings. The van der Waals surface area contributed by atoms with Gasteiger partial charge in [-0.25, -0.2) is 4.98 Å². The minimum absolute atomic E-state index is 1.05. The molecule has 0 bridgehead atoms. The third kappa shape index (κ3) is 3.66. The first-order valence-electron chi connectivity index (χ1n) is 9.82. The van der Waals surface area contributed by atoms with Gasteiger partial charge in [0.05, 0.1) is 10.2 Å². The van der Waals surface area contributed by atoms with E-state index in [4.69, 9.17) is 4.98 Å². The molecule has 4 heteroatoms. The smallest absolute Gasteiger partial charge is 0.124 e. The fourth-order valence-electron chi connectivity index (χ4n) is 3.82. The van der Waals surface area contributed by atoms with Crippen molar-refractivity contribution in [2.45, 2.75) is 6.54 Å². The number of para-hydroxylation sites is 1. The number of benzene rings is 3. The summed E-state index contributed by atoms with van der Waals surface area (Å²) in [7, 11) is 0. The van der Waals surface area contributed by atoms with E-state index in [1.807, 2.05) is 6.07 Å². The van der Waals surface area contributed by atoms with Crippen molar-refractivity contribution in [2.75, 3.05) is 31.1 Å². The summed E-state index contributed by atoms with van der Waals surface area (Å²) in [6.07, 6.45) is 0. The van der Waals surface area contributed by atoms with Crippen LogP contribution in [0.3, 0.4) is 0 Å². The molecule has 28 heavy (non-hydrogen) atoms. The van der Waals surface area contributed by atoms with Gasteiger partial charge < -0.3 is 4.90 Å². The van der Waals surface area contributed by atoms with E-state index in [9.17, 15) is 0 Å². The number of anilines is 1. The normalized spacial score (nSPS) is 15.2. The molecular formula is C24H23N3S. The van der Waals surface area contributed by atoms with Crippen molar-refractivity contribution in [3.63, 3.8) is 0 Å². The van der Waals surface area contributed by atoms with Gasteiger partial charge in [0.25, 0.3) is 0 Å². The zero-order valence-corrected chi connectivity index (χ0v) is 16.6. The number of thiazole rings is 1. The van der Waals surface area contributed by atoms with E-state index in [-0.39, 0.29) is 0 Å². The molecule has 1 fully saturated rings. The highest BCUT2D eigenvalue weighted by atomic mass is 32.1. The fraction of sp³-hybridized carbons (Fsp3) is 0.208. The summed E-state index contributed by atoms with van der Waals surface area (Å²) >= 11 is 1.76. The number of hydrogen-bond donors (Lipinski definition) is 0. The zero-order valence-electron chi connectivity index (χ0n) is 15.8. The Labute approximate surface area is 169 Å². The number of hydrogen-bond acceptors (Lipinski definition) is 4. The molecule has 1 aliphatic heterocycles. The van der Waals surface area contributed by atoms with Gasteiger partial charge in [-0.15, -0.1) is 11.3 Å². The lowest BCUT2D eigenvalue weighted by molar-refractivity contribution is 0.250. The largest absolute Gasteiger partial charge is 0.369 e. The molecule has 3 nitrogen and oxygen atoms in total. The van der Waals surface area contributed by atoms with Crippen molar-refractivity contribution in [3.8, 4) is 10.6 Å². The standard InChI is InChI=1S/C24H23N3S/c1-2-6-19(7-3-1)18-26-14-16-27(17-15-26)21-12-10-20(11-13-21)24-25-22-8-4-5-9-23(22)28-24/h1-13H,14-18H2. The van der Waals surface area contributed by atoms with Crippen molar-refractivity contribution in [3.05, 3.63) is 84.4 Å². The van der Waals surface area contributed by atoms with Gasteiger partial charge in [0.1, 0.15) is 5.01 Å². The predicted molar refractivity (Wildman–Crippen MR) is 119 cm³/mol. The molecule has 0 radical (unpaired) electrons. The minimum Gasteiger partial charge on any atom is -0.369 e. The van der Waals surface area contributed by atoms with E-state index in [0.717, 1.165) is 43.2 Å². The van der Waals surface area contributed by atoms with Crippen LogP contribution >= 0.6 is 11.3 Å². The summed E-state index contributed by atoms with van der Waals surface area (Å²) in [5, 5.41) is 1.10. The Morgan fingerprint density at radius 1 is 0.750 bits per heavy atom. The maximum Gasteiger partial charge on any atom is 0.124 e. The van der Waals surface area contributed by atoms with Crippen molar-refractivity contribution >= 4 is 27.2 Å².